The van der Waals surface area contributed by atoms with E-state index < -0.39 is 11.7 Å². The molecule has 1 aromatic heterocycles. The van der Waals surface area contributed by atoms with Crippen molar-refractivity contribution in [3.8, 4) is 17.1 Å². The predicted octanol–water partition coefficient (Wildman–Crippen LogP) is 3.17. The Labute approximate surface area is 101 Å². The van der Waals surface area contributed by atoms with Crippen LogP contribution in [-0.2, 0) is 6.18 Å². The summed E-state index contributed by atoms with van der Waals surface area (Å²) in [5.74, 6) is 0.312. The van der Waals surface area contributed by atoms with Crippen LogP contribution < -0.4 is 4.74 Å². The van der Waals surface area contributed by atoms with Crippen LogP contribution in [0.4, 0.5) is 13.2 Å². The molecular formula is C12H9F3N2O. The number of halogens is 3. The summed E-state index contributed by atoms with van der Waals surface area (Å²) in [6, 6.07) is 4.73. The van der Waals surface area contributed by atoms with E-state index in [1.165, 1.54) is 31.6 Å². The lowest BCUT2D eigenvalue weighted by Gasteiger charge is -2.07. The third-order valence-electron chi connectivity index (χ3n) is 2.33. The Bertz CT molecular complexity index is 538. The highest BCUT2D eigenvalue weighted by Gasteiger charge is 2.29. The second-order valence-electron chi connectivity index (χ2n) is 3.52. The lowest BCUT2D eigenvalue weighted by molar-refractivity contribution is -0.137. The van der Waals surface area contributed by atoms with Gasteiger partial charge in [-0.2, -0.15) is 13.2 Å². The maximum absolute atomic E-state index is 12.4. The molecule has 0 N–H and O–H groups in total. The van der Waals surface area contributed by atoms with Crippen LogP contribution in [0.1, 0.15) is 5.56 Å². The number of hydrogen-bond acceptors (Lipinski definition) is 3. The number of ether oxygens (including phenoxy) is 1. The quantitative estimate of drug-likeness (QED) is 0.825. The number of rotatable bonds is 2. The Hall–Kier alpha value is -2.11. The van der Waals surface area contributed by atoms with Crippen molar-refractivity contribution >= 4 is 0 Å². The number of nitrogens with zero attached hydrogens (tertiary/aromatic N) is 2. The summed E-state index contributed by atoms with van der Waals surface area (Å²) in [5.41, 5.74) is 0.319. The first-order chi connectivity index (χ1) is 8.50. The Morgan fingerprint density at radius 3 is 2.28 bits per heavy atom. The zero-order valence-electron chi connectivity index (χ0n) is 9.40. The molecule has 0 atom stereocenters. The normalized spacial score (nSPS) is 11.3. The van der Waals surface area contributed by atoms with E-state index in [-0.39, 0.29) is 0 Å². The van der Waals surface area contributed by atoms with Crippen LogP contribution in [0.25, 0.3) is 11.3 Å². The molecule has 18 heavy (non-hydrogen) atoms. The highest BCUT2D eigenvalue weighted by atomic mass is 19.4. The maximum atomic E-state index is 12.4. The number of methoxy groups -OCH3 is 1. The minimum atomic E-state index is -4.33. The molecule has 0 aliphatic heterocycles. The lowest BCUT2D eigenvalue weighted by atomic mass is 10.1. The predicted molar refractivity (Wildman–Crippen MR) is 59.0 cm³/mol. The van der Waals surface area contributed by atoms with Crippen LogP contribution in [0, 0.1) is 0 Å². The molecule has 0 aliphatic rings. The van der Waals surface area contributed by atoms with E-state index in [1.54, 1.807) is 0 Å². The lowest BCUT2D eigenvalue weighted by Crippen LogP contribution is -2.04. The summed E-state index contributed by atoms with van der Waals surface area (Å²) in [6.07, 6.45) is -1.45. The van der Waals surface area contributed by atoms with E-state index in [4.69, 9.17) is 4.74 Å². The van der Waals surface area contributed by atoms with Gasteiger partial charge in [0.15, 0.2) is 0 Å². The molecule has 0 amide bonds. The van der Waals surface area contributed by atoms with Gasteiger partial charge in [-0.3, -0.25) is 4.98 Å². The minimum Gasteiger partial charge on any atom is -0.480 e. The fourth-order valence-electron chi connectivity index (χ4n) is 1.42. The van der Waals surface area contributed by atoms with Crippen molar-refractivity contribution in [3.05, 3.63) is 42.2 Å². The first-order valence-corrected chi connectivity index (χ1v) is 5.04. The van der Waals surface area contributed by atoms with Crippen molar-refractivity contribution in [1.82, 2.24) is 9.97 Å². The fourth-order valence-corrected chi connectivity index (χ4v) is 1.42. The van der Waals surface area contributed by atoms with E-state index in [0.717, 1.165) is 12.1 Å². The zero-order chi connectivity index (χ0) is 13.2. The van der Waals surface area contributed by atoms with Gasteiger partial charge in [-0.25, -0.2) is 4.98 Å². The SMILES string of the molecule is COc1cncc(-c2ccc(C(F)(F)F)cc2)n1. The molecule has 0 fully saturated rings. The van der Waals surface area contributed by atoms with Gasteiger partial charge in [0.2, 0.25) is 5.88 Å². The average Bonchev–Trinajstić information content (AvgIpc) is 2.38. The van der Waals surface area contributed by atoms with Crippen molar-refractivity contribution in [1.29, 1.82) is 0 Å². The summed E-state index contributed by atoms with van der Waals surface area (Å²) in [5, 5.41) is 0. The van der Waals surface area contributed by atoms with Crippen LogP contribution in [0.5, 0.6) is 5.88 Å². The van der Waals surface area contributed by atoms with Gasteiger partial charge < -0.3 is 4.74 Å². The van der Waals surface area contributed by atoms with Crippen LogP contribution in [-0.4, -0.2) is 17.1 Å². The van der Waals surface area contributed by atoms with Crippen molar-refractivity contribution in [3.63, 3.8) is 0 Å². The summed E-state index contributed by atoms with van der Waals surface area (Å²) >= 11 is 0. The average molecular weight is 254 g/mol. The Morgan fingerprint density at radius 2 is 1.72 bits per heavy atom. The van der Waals surface area contributed by atoms with E-state index in [2.05, 4.69) is 9.97 Å². The van der Waals surface area contributed by atoms with Crippen LogP contribution >= 0.6 is 0 Å². The number of hydrogen-bond donors (Lipinski definition) is 0. The van der Waals surface area contributed by atoms with Gasteiger partial charge in [0.05, 0.1) is 30.8 Å². The number of benzene rings is 1. The first kappa shape index (κ1) is 12.3. The molecule has 94 valence electrons. The third-order valence-corrected chi connectivity index (χ3v) is 2.33. The van der Waals surface area contributed by atoms with Crippen molar-refractivity contribution in [2.45, 2.75) is 6.18 Å². The molecule has 1 heterocycles. The minimum absolute atomic E-state index is 0.312. The summed E-state index contributed by atoms with van der Waals surface area (Å²) in [7, 11) is 1.44. The molecule has 0 spiro atoms. The van der Waals surface area contributed by atoms with Gasteiger partial charge in [-0.15, -0.1) is 0 Å². The largest absolute Gasteiger partial charge is 0.480 e. The molecule has 0 saturated heterocycles. The first-order valence-electron chi connectivity index (χ1n) is 5.04. The van der Waals surface area contributed by atoms with Gasteiger partial charge >= 0.3 is 6.18 Å². The van der Waals surface area contributed by atoms with Gasteiger partial charge in [0.1, 0.15) is 0 Å². The summed E-state index contributed by atoms with van der Waals surface area (Å²) < 4.78 is 42.1. The molecule has 0 bridgehead atoms. The summed E-state index contributed by atoms with van der Waals surface area (Å²) in [4.78, 5) is 7.98. The summed E-state index contributed by atoms with van der Waals surface area (Å²) in [6.45, 7) is 0. The second kappa shape index (κ2) is 4.64. The standard InChI is InChI=1S/C12H9F3N2O/c1-18-11-7-16-6-10(17-11)8-2-4-9(5-3-8)12(13,14)15/h2-7H,1H3. The van der Waals surface area contributed by atoms with E-state index >= 15 is 0 Å². The van der Waals surface area contributed by atoms with Crippen molar-refractivity contribution < 1.29 is 17.9 Å². The molecule has 0 aliphatic carbocycles. The van der Waals surface area contributed by atoms with E-state index in [0.29, 0.717) is 17.1 Å². The van der Waals surface area contributed by atoms with Crippen LogP contribution in [0.3, 0.4) is 0 Å². The molecule has 0 unspecified atom stereocenters. The molecular weight excluding hydrogens is 245 g/mol. The van der Waals surface area contributed by atoms with Crippen molar-refractivity contribution in [2.24, 2.45) is 0 Å². The van der Waals surface area contributed by atoms with E-state index in [1.807, 2.05) is 0 Å². The molecule has 0 radical (unpaired) electrons. The zero-order valence-corrected chi connectivity index (χ0v) is 9.40. The second-order valence-corrected chi connectivity index (χ2v) is 3.52. The number of alkyl halides is 3. The smallest absolute Gasteiger partial charge is 0.416 e. The van der Waals surface area contributed by atoms with Gasteiger partial charge in [0.25, 0.3) is 0 Å². The number of aromatic nitrogens is 2. The molecule has 2 aromatic rings. The van der Waals surface area contributed by atoms with Gasteiger partial charge in [-0.1, -0.05) is 12.1 Å². The third kappa shape index (κ3) is 2.58. The fraction of sp³-hybridized carbons (Fsp3) is 0.167. The molecule has 2 rings (SSSR count). The monoisotopic (exact) mass is 254 g/mol. The maximum Gasteiger partial charge on any atom is 0.416 e. The molecule has 6 heteroatoms. The van der Waals surface area contributed by atoms with Gasteiger partial charge in [-0.05, 0) is 12.1 Å². The molecule has 1 aromatic carbocycles. The molecule has 0 saturated carbocycles. The van der Waals surface area contributed by atoms with Crippen molar-refractivity contribution in [2.75, 3.05) is 7.11 Å². The highest BCUT2D eigenvalue weighted by molar-refractivity contribution is 5.58. The Kier molecular flexibility index (Phi) is 3.18. The van der Waals surface area contributed by atoms with Crippen LogP contribution in [0.2, 0.25) is 0 Å². The Balaban J connectivity index is 2.34. The highest BCUT2D eigenvalue weighted by Crippen LogP contribution is 2.30. The van der Waals surface area contributed by atoms with Gasteiger partial charge in [0, 0.05) is 5.56 Å². The molecule has 3 nitrogen and oxygen atoms in total. The van der Waals surface area contributed by atoms with Crippen LogP contribution in [0.15, 0.2) is 36.7 Å². The topological polar surface area (TPSA) is 35.0 Å². The van der Waals surface area contributed by atoms with E-state index in [9.17, 15) is 13.2 Å². The Morgan fingerprint density at radius 1 is 1.06 bits per heavy atom.